The van der Waals surface area contributed by atoms with Crippen molar-refractivity contribution in [2.24, 2.45) is 24.6 Å². The second-order valence-electron chi connectivity index (χ2n) is 13.3. The van der Waals surface area contributed by atoms with Gasteiger partial charge in [-0.25, -0.2) is 14.4 Å². The zero-order chi connectivity index (χ0) is 31.4. The number of fused-ring (bicyclic) bond motifs is 5. The molecule has 5 aromatic rings. The summed E-state index contributed by atoms with van der Waals surface area (Å²) in [5, 5.41) is 3.65. The zero-order valence-electron chi connectivity index (χ0n) is 25.7. The Morgan fingerprint density at radius 2 is 1.96 bits per heavy atom. The molecule has 9 rings (SSSR count). The lowest BCUT2D eigenvalue weighted by Crippen LogP contribution is -2.41. The van der Waals surface area contributed by atoms with E-state index in [1.54, 1.807) is 7.11 Å². The normalized spacial score (nSPS) is 21.9. The molecule has 2 aliphatic heterocycles. The van der Waals surface area contributed by atoms with Gasteiger partial charge in [0.2, 0.25) is 0 Å². The van der Waals surface area contributed by atoms with Gasteiger partial charge in [-0.2, -0.15) is 0 Å². The molecule has 2 bridgehead atoms. The van der Waals surface area contributed by atoms with Gasteiger partial charge < -0.3 is 29.8 Å². The molecule has 4 aliphatic rings. The van der Waals surface area contributed by atoms with E-state index in [9.17, 15) is 14.0 Å². The third-order valence-electron chi connectivity index (χ3n) is 10.6. The molecule has 5 heterocycles. The van der Waals surface area contributed by atoms with Gasteiger partial charge in [-0.1, -0.05) is 0 Å². The molecule has 3 unspecified atom stereocenters. The number of nitrogens with zero attached hydrogens (tertiary/aromatic N) is 5. The summed E-state index contributed by atoms with van der Waals surface area (Å²) in [5.74, 6) is 1.30. The van der Waals surface area contributed by atoms with Crippen molar-refractivity contribution in [3.63, 3.8) is 0 Å². The Morgan fingerprint density at radius 1 is 1.11 bits per heavy atom. The second kappa shape index (κ2) is 9.86. The van der Waals surface area contributed by atoms with E-state index in [-0.39, 0.29) is 29.5 Å². The number of nitrogens with two attached hydrogens (primary N) is 1. The first-order valence-electron chi connectivity index (χ1n) is 16.0. The molecule has 3 aromatic heterocycles. The second-order valence-corrected chi connectivity index (χ2v) is 13.3. The Bertz CT molecular complexity index is 2130. The lowest BCUT2D eigenvalue weighted by atomic mass is 10.0. The summed E-state index contributed by atoms with van der Waals surface area (Å²) in [5.41, 5.74) is 12.2. The Hall–Kier alpha value is -4.77. The van der Waals surface area contributed by atoms with Crippen molar-refractivity contribution in [3.8, 4) is 28.5 Å². The first-order valence-corrected chi connectivity index (χ1v) is 16.0. The molecule has 3 atom stereocenters. The molecule has 3 fully saturated rings. The van der Waals surface area contributed by atoms with Gasteiger partial charge in [-0.15, -0.1) is 0 Å². The van der Waals surface area contributed by atoms with E-state index in [1.165, 1.54) is 6.07 Å². The number of ether oxygens (including phenoxy) is 1. The summed E-state index contributed by atoms with van der Waals surface area (Å²) in [6.45, 7) is 1.79. The molecule has 11 heteroatoms. The number of aryl methyl sites for hydroxylation is 1. The quantitative estimate of drug-likeness (QED) is 0.286. The molecule has 2 aromatic carbocycles. The summed E-state index contributed by atoms with van der Waals surface area (Å²) in [7, 11) is 3.58. The van der Waals surface area contributed by atoms with E-state index in [1.807, 2.05) is 46.8 Å². The average molecular weight is 620 g/mol. The minimum atomic E-state index is -0.537. The van der Waals surface area contributed by atoms with Gasteiger partial charge in [0.15, 0.2) is 5.82 Å². The van der Waals surface area contributed by atoms with Crippen LogP contribution in [-0.2, 0) is 20.1 Å². The average Bonchev–Trinajstić information content (AvgIpc) is 3.27. The van der Waals surface area contributed by atoms with Crippen LogP contribution in [0.1, 0.15) is 52.0 Å². The van der Waals surface area contributed by atoms with Crippen LogP contribution in [0.15, 0.2) is 42.5 Å². The Kier molecular flexibility index (Phi) is 5.90. The largest absolute Gasteiger partial charge is 0.494 e. The monoisotopic (exact) mass is 619 g/mol. The Balaban J connectivity index is 1.15. The highest BCUT2D eigenvalue weighted by molar-refractivity contribution is 6.01. The van der Waals surface area contributed by atoms with Crippen molar-refractivity contribution < 1.29 is 18.7 Å². The van der Waals surface area contributed by atoms with Crippen LogP contribution in [0.5, 0.6) is 5.75 Å². The van der Waals surface area contributed by atoms with Crippen LogP contribution >= 0.6 is 0 Å². The Morgan fingerprint density at radius 3 is 2.70 bits per heavy atom. The fourth-order valence-electron chi connectivity index (χ4n) is 7.95. The van der Waals surface area contributed by atoms with Crippen LogP contribution in [0.4, 0.5) is 4.39 Å². The van der Waals surface area contributed by atoms with Crippen LogP contribution in [0.25, 0.3) is 44.8 Å². The number of amides is 2. The number of likely N-dealkylation sites (tertiary alicyclic amines) is 1. The smallest absolute Gasteiger partial charge is 0.254 e. The number of carbonyl (C=O) groups excluding carboxylic acids is 2. The number of hydrogen-bond donors (Lipinski definition) is 2. The summed E-state index contributed by atoms with van der Waals surface area (Å²) in [6, 6.07) is 13.1. The van der Waals surface area contributed by atoms with Crippen LogP contribution in [0, 0.1) is 17.7 Å². The van der Waals surface area contributed by atoms with Crippen molar-refractivity contribution in [3.05, 3.63) is 65.0 Å². The molecule has 2 amide bonds. The first kappa shape index (κ1) is 27.5. The lowest BCUT2D eigenvalue weighted by Gasteiger charge is -2.27. The van der Waals surface area contributed by atoms with E-state index < -0.39 is 5.82 Å². The van der Waals surface area contributed by atoms with Crippen molar-refractivity contribution in [2.75, 3.05) is 13.7 Å². The predicted molar refractivity (Wildman–Crippen MR) is 171 cm³/mol. The fourth-order valence-corrected chi connectivity index (χ4v) is 7.95. The number of benzene rings is 2. The minimum absolute atomic E-state index is 0.0298. The molecule has 10 nitrogen and oxygen atoms in total. The number of nitrogens with one attached hydrogen (secondary N) is 1. The molecule has 0 spiro atoms. The Labute approximate surface area is 264 Å². The van der Waals surface area contributed by atoms with Crippen LogP contribution in [0.3, 0.4) is 0 Å². The van der Waals surface area contributed by atoms with Gasteiger partial charge in [-0.05, 0) is 85.5 Å². The molecule has 3 N–H and O–H groups in total. The SMILES string of the molecule is COc1cc(C(=O)N2CC3CCC2C3N)cc2nc(-c3cc4ccc(-c5cc(F)c6c(c5)CNC6=O)nc4n3CC3CC3)n(C)c12. The number of rotatable bonds is 6. The summed E-state index contributed by atoms with van der Waals surface area (Å²) < 4.78 is 25.0. The first-order chi connectivity index (χ1) is 22.3. The van der Waals surface area contributed by atoms with Gasteiger partial charge in [0.1, 0.15) is 22.7 Å². The van der Waals surface area contributed by atoms with Crippen molar-refractivity contribution in [1.82, 2.24) is 29.3 Å². The third kappa shape index (κ3) is 4.03. The van der Waals surface area contributed by atoms with Gasteiger partial charge in [-0.3, -0.25) is 9.59 Å². The maximum absolute atomic E-state index is 15.0. The van der Waals surface area contributed by atoms with E-state index >= 15 is 0 Å². The molecular formula is C35H34FN7O3. The third-order valence-corrected chi connectivity index (χ3v) is 10.6. The van der Waals surface area contributed by atoms with Gasteiger partial charge >= 0.3 is 0 Å². The van der Waals surface area contributed by atoms with E-state index in [4.69, 9.17) is 20.4 Å². The molecule has 2 aliphatic carbocycles. The van der Waals surface area contributed by atoms with Crippen molar-refractivity contribution >= 4 is 33.9 Å². The number of piperidine rings is 1. The summed E-state index contributed by atoms with van der Waals surface area (Å²) in [4.78, 5) is 37.9. The van der Waals surface area contributed by atoms with Gasteiger partial charge in [0.05, 0.1) is 29.6 Å². The van der Waals surface area contributed by atoms with Crippen LogP contribution in [-0.4, -0.2) is 61.6 Å². The molecule has 1 saturated heterocycles. The summed E-state index contributed by atoms with van der Waals surface area (Å²) in [6.07, 6.45) is 4.33. The molecule has 0 radical (unpaired) electrons. The predicted octanol–water partition coefficient (Wildman–Crippen LogP) is 4.62. The van der Waals surface area contributed by atoms with E-state index in [2.05, 4.69) is 16.0 Å². The van der Waals surface area contributed by atoms with Gasteiger partial charge in [0.25, 0.3) is 11.8 Å². The number of methoxy groups -OCH3 is 1. The fraction of sp³-hybridized carbons (Fsp3) is 0.371. The highest BCUT2D eigenvalue weighted by Crippen LogP contribution is 2.40. The van der Waals surface area contributed by atoms with E-state index in [0.29, 0.717) is 58.6 Å². The minimum Gasteiger partial charge on any atom is -0.494 e. The molecule has 234 valence electrons. The van der Waals surface area contributed by atoms with Crippen LogP contribution < -0.4 is 15.8 Å². The maximum Gasteiger partial charge on any atom is 0.254 e. The standard InChI is InChI=1S/C35H34FN7O3/c1-41-31-25(11-21(13-28(31)46-2)35(45)43-16-19-6-8-26(43)30(19)37)40-33(41)27-12-18-5-7-24(39-32(18)42(27)15-17-3-4-17)20-9-22-14-38-34(44)29(22)23(36)10-20/h5,7,9-13,17,19,26,30H,3-4,6,8,14-16,37H2,1-2H3,(H,38,44). The molecular weight excluding hydrogens is 585 g/mol. The molecule has 46 heavy (non-hydrogen) atoms. The number of pyridine rings is 1. The number of carbonyl (C=O) groups is 2. The van der Waals surface area contributed by atoms with Crippen molar-refractivity contribution in [2.45, 2.75) is 50.9 Å². The van der Waals surface area contributed by atoms with Crippen molar-refractivity contribution in [1.29, 1.82) is 0 Å². The maximum atomic E-state index is 15.0. The zero-order valence-corrected chi connectivity index (χ0v) is 25.7. The van der Waals surface area contributed by atoms with Crippen LogP contribution in [0.2, 0.25) is 0 Å². The topological polar surface area (TPSA) is 120 Å². The lowest BCUT2D eigenvalue weighted by molar-refractivity contribution is 0.0700. The van der Waals surface area contributed by atoms with Gasteiger partial charge in [0, 0.05) is 55.3 Å². The highest BCUT2D eigenvalue weighted by atomic mass is 19.1. The number of imidazole rings is 1. The highest BCUT2D eigenvalue weighted by Gasteiger charge is 2.47. The number of hydrogen-bond acceptors (Lipinski definition) is 6. The number of aromatic nitrogens is 4. The molecule has 2 saturated carbocycles. The van der Waals surface area contributed by atoms with E-state index in [0.717, 1.165) is 60.3 Å². The number of halogens is 1. The summed E-state index contributed by atoms with van der Waals surface area (Å²) >= 11 is 0.